The minimum Gasteiger partial charge on any atom is -0.435 e. The van der Waals surface area contributed by atoms with Gasteiger partial charge in [-0.2, -0.15) is 8.78 Å². The molecule has 3 N–H and O–H groups in total. The number of carbonyl (C=O) groups excluding carboxylic acids is 1. The zero-order valence-electron chi connectivity index (χ0n) is 11.7. The molecule has 21 heavy (non-hydrogen) atoms. The van der Waals surface area contributed by atoms with Crippen LogP contribution in [0.3, 0.4) is 0 Å². The topological polar surface area (TPSA) is 64.3 Å². The number of halogens is 2. The van der Waals surface area contributed by atoms with Crippen molar-refractivity contribution in [1.82, 2.24) is 5.32 Å². The Labute approximate surface area is 122 Å². The number of hydrogen-bond acceptors (Lipinski definition) is 3. The van der Waals surface area contributed by atoms with Crippen molar-refractivity contribution in [2.75, 3.05) is 6.54 Å². The predicted molar refractivity (Wildman–Crippen MR) is 75.3 cm³/mol. The Balaban J connectivity index is 1.85. The van der Waals surface area contributed by atoms with Crippen LogP contribution in [0.25, 0.3) is 0 Å². The normalized spacial score (nSPS) is 22.1. The van der Waals surface area contributed by atoms with Crippen LogP contribution in [0.2, 0.25) is 0 Å². The van der Waals surface area contributed by atoms with Crippen LogP contribution in [-0.4, -0.2) is 25.1 Å². The zero-order valence-corrected chi connectivity index (χ0v) is 11.7. The molecule has 1 aromatic rings. The summed E-state index contributed by atoms with van der Waals surface area (Å²) in [6.45, 7) is -2.30. The molecule has 0 aromatic heterocycles. The van der Waals surface area contributed by atoms with Gasteiger partial charge >= 0.3 is 6.61 Å². The van der Waals surface area contributed by atoms with E-state index < -0.39 is 6.61 Å². The summed E-state index contributed by atoms with van der Waals surface area (Å²) in [5.41, 5.74) is 6.16. The van der Waals surface area contributed by atoms with Crippen LogP contribution >= 0.6 is 0 Å². The van der Waals surface area contributed by atoms with Crippen LogP contribution in [-0.2, 0) is 0 Å². The molecule has 0 heterocycles. The summed E-state index contributed by atoms with van der Waals surface area (Å²) in [6.07, 6.45) is 3.99. The summed E-state index contributed by atoms with van der Waals surface area (Å²) in [6, 6.07) is 6.08. The number of carbonyl (C=O) groups is 1. The fraction of sp³-hybridized carbons (Fsp3) is 0.533. The van der Waals surface area contributed by atoms with Crippen LogP contribution in [0, 0.1) is 5.92 Å². The number of hydrogen-bond donors (Lipinski definition) is 2. The van der Waals surface area contributed by atoms with E-state index >= 15 is 0 Å². The van der Waals surface area contributed by atoms with E-state index in [2.05, 4.69) is 10.1 Å². The number of nitrogens with one attached hydrogen (secondary N) is 1. The lowest BCUT2D eigenvalue weighted by atomic mass is 9.86. The fourth-order valence-electron chi connectivity index (χ4n) is 2.54. The zero-order chi connectivity index (χ0) is 15.2. The number of nitrogens with two attached hydrogens (primary N) is 1. The van der Waals surface area contributed by atoms with Gasteiger partial charge in [-0.1, -0.05) is 6.07 Å². The van der Waals surface area contributed by atoms with Gasteiger partial charge in [0, 0.05) is 18.2 Å². The van der Waals surface area contributed by atoms with E-state index in [1.54, 1.807) is 6.07 Å². The summed E-state index contributed by atoms with van der Waals surface area (Å²) in [5, 5.41) is 2.84. The Morgan fingerprint density at radius 1 is 1.33 bits per heavy atom. The molecule has 0 radical (unpaired) electrons. The first-order valence-corrected chi connectivity index (χ1v) is 7.13. The highest BCUT2D eigenvalue weighted by Gasteiger charge is 2.19. The SMILES string of the molecule is NC1CCC(CNC(=O)c2cccc(OC(F)F)c2)CC1. The Morgan fingerprint density at radius 2 is 2.05 bits per heavy atom. The molecule has 1 aliphatic rings. The number of amides is 1. The van der Waals surface area contributed by atoms with Gasteiger partial charge in [0.1, 0.15) is 5.75 Å². The molecular weight excluding hydrogens is 278 g/mol. The van der Waals surface area contributed by atoms with Crippen LogP contribution in [0.5, 0.6) is 5.75 Å². The van der Waals surface area contributed by atoms with E-state index in [0.717, 1.165) is 25.7 Å². The molecule has 6 heteroatoms. The van der Waals surface area contributed by atoms with Crippen molar-refractivity contribution >= 4 is 5.91 Å². The molecule has 2 rings (SSSR count). The number of ether oxygens (including phenoxy) is 1. The molecule has 116 valence electrons. The molecule has 1 aromatic carbocycles. The lowest BCUT2D eigenvalue weighted by Crippen LogP contribution is -2.34. The number of alkyl halides is 2. The molecule has 0 saturated heterocycles. The third-order valence-corrected chi connectivity index (χ3v) is 3.76. The maximum atomic E-state index is 12.1. The first-order valence-electron chi connectivity index (χ1n) is 7.13. The minimum atomic E-state index is -2.89. The van der Waals surface area contributed by atoms with E-state index in [-0.39, 0.29) is 17.7 Å². The summed E-state index contributed by atoms with van der Waals surface area (Å²) >= 11 is 0. The van der Waals surface area contributed by atoms with Gasteiger partial charge in [0.2, 0.25) is 0 Å². The van der Waals surface area contributed by atoms with E-state index in [9.17, 15) is 13.6 Å². The van der Waals surface area contributed by atoms with Crippen molar-refractivity contribution in [2.45, 2.75) is 38.3 Å². The van der Waals surface area contributed by atoms with Gasteiger partial charge in [-0.3, -0.25) is 4.79 Å². The second-order valence-corrected chi connectivity index (χ2v) is 5.40. The van der Waals surface area contributed by atoms with Crippen molar-refractivity contribution in [2.24, 2.45) is 11.7 Å². The van der Waals surface area contributed by atoms with E-state index in [4.69, 9.17) is 5.73 Å². The van der Waals surface area contributed by atoms with Gasteiger partial charge in [0.15, 0.2) is 0 Å². The van der Waals surface area contributed by atoms with Crippen molar-refractivity contribution in [3.63, 3.8) is 0 Å². The largest absolute Gasteiger partial charge is 0.435 e. The Bertz CT molecular complexity index is 474. The highest BCUT2D eigenvalue weighted by Crippen LogP contribution is 2.22. The smallest absolute Gasteiger partial charge is 0.387 e. The summed E-state index contributed by atoms with van der Waals surface area (Å²) in [5.74, 6) is 0.153. The van der Waals surface area contributed by atoms with Gasteiger partial charge in [-0.25, -0.2) is 0 Å². The van der Waals surface area contributed by atoms with E-state index in [0.29, 0.717) is 18.0 Å². The molecular formula is C15H20F2N2O2. The summed E-state index contributed by atoms with van der Waals surface area (Å²) in [4.78, 5) is 12.0. The molecule has 1 aliphatic carbocycles. The molecule has 0 unspecified atom stereocenters. The second-order valence-electron chi connectivity index (χ2n) is 5.40. The molecule has 0 atom stereocenters. The van der Waals surface area contributed by atoms with Gasteiger partial charge in [-0.05, 0) is 49.8 Å². The van der Waals surface area contributed by atoms with Crippen LogP contribution < -0.4 is 15.8 Å². The maximum absolute atomic E-state index is 12.1. The molecule has 1 saturated carbocycles. The average Bonchev–Trinajstić information content (AvgIpc) is 2.46. The molecule has 4 nitrogen and oxygen atoms in total. The predicted octanol–water partition coefficient (Wildman–Crippen LogP) is 2.54. The quantitative estimate of drug-likeness (QED) is 0.878. The standard InChI is InChI=1S/C15H20F2N2O2/c16-15(17)21-13-3-1-2-11(8-13)14(20)19-9-10-4-6-12(18)7-5-10/h1-3,8,10,12,15H,4-7,9,18H2,(H,19,20). The second kappa shape index (κ2) is 7.36. The molecule has 0 bridgehead atoms. The fourth-order valence-corrected chi connectivity index (χ4v) is 2.54. The Hall–Kier alpha value is -1.69. The Kier molecular flexibility index (Phi) is 5.50. The van der Waals surface area contributed by atoms with Crippen molar-refractivity contribution in [1.29, 1.82) is 0 Å². The molecule has 1 fully saturated rings. The summed E-state index contributed by atoms with van der Waals surface area (Å²) in [7, 11) is 0. The molecule has 1 amide bonds. The van der Waals surface area contributed by atoms with Gasteiger partial charge < -0.3 is 15.8 Å². The lowest BCUT2D eigenvalue weighted by molar-refractivity contribution is -0.0498. The van der Waals surface area contributed by atoms with E-state index in [1.165, 1.54) is 18.2 Å². The third kappa shape index (κ3) is 4.97. The maximum Gasteiger partial charge on any atom is 0.387 e. The van der Waals surface area contributed by atoms with Crippen molar-refractivity contribution < 1.29 is 18.3 Å². The van der Waals surface area contributed by atoms with Crippen molar-refractivity contribution in [3.8, 4) is 5.75 Å². The van der Waals surface area contributed by atoms with E-state index in [1.807, 2.05) is 0 Å². The average molecular weight is 298 g/mol. The van der Waals surface area contributed by atoms with Gasteiger partial charge in [0.05, 0.1) is 0 Å². The third-order valence-electron chi connectivity index (χ3n) is 3.76. The highest BCUT2D eigenvalue weighted by atomic mass is 19.3. The number of rotatable bonds is 5. The summed E-state index contributed by atoms with van der Waals surface area (Å²) < 4.78 is 28.6. The molecule has 0 aliphatic heterocycles. The van der Waals surface area contributed by atoms with Crippen LogP contribution in [0.15, 0.2) is 24.3 Å². The monoisotopic (exact) mass is 298 g/mol. The lowest BCUT2D eigenvalue weighted by Gasteiger charge is -2.26. The Morgan fingerprint density at radius 3 is 2.71 bits per heavy atom. The number of benzene rings is 1. The first kappa shape index (κ1) is 15.7. The van der Waals surface area contributed by atoms with Gasteiger partial charge in [-0.15, -0.1) is 0 Å². The first-order chi connectivity index (χ1) is 10.0. The van der Waals surface area contributed by atoms with Crippen molar-refractivity contribution in [3.05, 3.63) is 29.8 Å². The van der Waals surface area contributed by atoms with Crippen LogP contribution in [0.1, 0.15) is 36.0 Å². The highest BCUT2D eigenvalue weighted by molar-refractivity contribution is 5.94. The van der Waals surface area contributed by atoms with Crippen LogP contribution in [0.4, 0.5) is 8.78 Å². The van der Waals surface area contributed by atoms with Gasteiger partial charge in [0.25, 0.3) is 5.91 Å². The molecule has 0 spiro atoms. The minimum absolute atomic E-state index is 0.0127.